The second-order valence-electron chi connectivity index (χ2n) is 7.31. The minimum absolute atomic E-state index is 0.0329. The van der Waals surface area contributed by atoms with Crippen LogP contribution in [0.1, 0.15) is 16.7 Å². The van der Waals surface area contributed by atoms with Crippen molar-refractivity contribution in [2.75, 3.05) is 0 Å². The first-order valence-corrected chi connectivity index (χ1v) is 10.9. The van der Waals surface area contributed by atoms with Crippen molar-refractivity contribution in [2.45, 2.75) is 13.5 Å². The zero-order valence-corrected chi connectivity index (χ0v) is 18.0. The number of carbonyl (C=O) groups excluding carboxylic acids is 1. The molecule has 1 amide bonds. The molecule has 0 unspecified atom stereocenters. The average molecular weight is 427 g/mol. The van der Waals surface area contributed by atoms with Crippen LogP contribution in [0, 0.1) is 6.92 Å². The summed E-state index contributed by atoms with van der Waals surface area (Å²) in [6.07, 6.45) is 2.05. The molecule has 3 aromatic carbocycles. The molecule has 1 aliphatic rings. The Morgan fingerprint density at radius 3 is 2.17 bits per heavy atom. The number of nitrogens with zero attached hydrogens (tertiary/aromatic N) is 2. The third-order valence-electron chi connectivity index (χ3n) is 5.24. The van der Waals surface area contributed by atoms with Gasteiger partial charge in [0.1, 0.15) is 4.99 Å². The van der Waals surface area contributed by atoms with Crippen LogP contribution in [0.25, 0.3) is 27.9 Å². The Kier molecular flexibility index (Phi) is 4.85. The van der Waals surface area contributed by atoms with E-state index in [1.165, 1.54) is 17.3 Å². The lowest BCUT2D eigenvalue weighted by atomic mass is 10.0. The Labute approximate surface area is 184 Å². The predicted octanol–water partition coefficient (Wildman–Crippen LogP) is 6.73. The minimum atomic E-state index is -0.0329. The molecule has 4 aromatic rings. The highest BCUT2D eigenvalue weighted by Gasteiger charge is 2.32. The van der Waals surface area contributed by atoms with Gasteiger partial charge in [-0.25, -0.2) is 4.98 Å². The van der Waals surface area contributed by atoms with Gasteiger partial charge < -0.3 is 0 Å². The van der Waals surface area contributed by atoms with Gasteiger partial charge in [0.25, 0.3) is 5.24 Å². The largest absolute Gasteiger partial charge is 0.291 e. The number of pyridine rings is 1. The molecule has 30 heavy (non-hydrogen) atoms. The molecule has 0 saturated carbocycles. The van der Waals surface area contributed by atoms with Crippen molar-refractivity contribution in [1.29, 1.82) is 0 Å². The van der Waals surface area contributed by atoms with E-state index >= 15 is 0 Å². The van der Waals surface area contributed by atoms with Crippen LogP contribution >= 0.6 is 24.0 Å². The lowest BCUT2D eigenvalue weighted by Crippen LogP contribution is -2.26. The van der Waals surface area contributed by atoms with Crippen LogP contribution in [-0.2, 0) is 6.54 Å². The molecule has 5 rings (SSSR count). The van der Waals surface area contributed by atoms with E-state index in [0.29, 0.717) is 11.5 Å². The molecular formula is C25H18N2OS2. The van der Waals surface area contributed by atoms with Crippen molar-refractivity contribution in [3.05, 3.63) is 94.4 Å². The topological polar surface area (TPSA) is 33.2 Å². The van der Waals surface area contributed by atoms with Gasteiger partial charge in [0.15, 0.2) is 0 Å². The molecular weight excluding hydrogens is 408 g/mol. The van der Waals surface area contributed by atoms with Gasteiger partial charge in [-0.15, -0.1) is 0 Å². The normalized spacial score (nSPS) is 15.6. The number of para-hydroxylation sites is 2. The maximum atomic E-state index is 12.7. The summed E-state index contributed by atoms with van der Waals surface area (Å²) in [5.41, 5.74) is 5.17. The molecule has 0 spiro atoms. The number of rotatable bonds is 3. The van der Waals surface area contributed by atoms with Crippen LogP contribution in [-0.4, -0.2) is 20.1 Å². The molecule has 5 heteroatoms. The van der Waals surface area contributed by atoms with E-state index in [9.17, 15) is 4.79 Å². The fourth-order valence-electron chi connectivity index (χ4n) is 3.67. The lowest BCUT2D eigenvalue weighted by molar-refractivity contribution is 0.244. The van der Waals surface area contributed by atoms with Gasteiger partial charge in [-0.2, -0.15) is 0 Å². The number of fused-ring (bicyclic) bond motifs is 2. The van der Waals surface area contributed by atoms with E-state index in [4.69, 9.17) is 17.2 Å². The molecule has 1 saturated heterocycles. The Hall–Kier alpha value is -3.02. The van der Waals surface area contributed by atoms with Crippen LogP contribution in [0.2, 0.25) is 0 Å². The highest BCUT2D eigenvalue weighted by atomic mass is 32.2. The van der Waals surface area contributed by atoms with Gasteiger partial charge in [0.05, 0.1) is 22.5 Å². The molecule has 3 nitrogen and oxygen atoms in total. The first kappa shape index (κ1) is 19.0. The Morgan fingerprint density at radius 2 is 1.53 bits per heavy atom. The summed E-state index contributed by atoms with van der Waals surface area (Å²) in [4.78, 5) is 20.6. The van der Waals surface area contributed by atoms with Gasteiger partial charge in [0, 0.05) is 10.8 Å². The fraction of sp³-hybridized carbons (Fsp3) is 0.0800. The molecule has 0 atom stereocenters. The zero-order valence-electron chi connectivity index (χ0n) is 16.3. The van der Waals surface area contributed by atoms with Crippen molar-refractivity contribution in [2.24, 2.45) is 0 Å². The maximum absolute atomic E-state index is 12.7. The standard InChI is InChI=1S/C25H18N2OS2/c1-16-10-12-17(13-11-16)15-27-24(29)23(30-25(27)28)14-20-18-6-2-4-8-21(18)26-22-9-5-3-7-19(20)22/h2-14H,15H2,1H3/b23-14-. The molecule has 0 radical (unpaired) electrons. The summed E-state index contributed by atoms with van der Waals surface area (Å²) in [5.74, 6) is 0. The molecule has 2 heterocycles. The number of aryl methyl sites for hydroxylation is 1. The first-order valence-electron chi connectivity index (χ1n) is 9.68. The van der Waals surface area contributed by atoms with E-state index in [-0.39, 0.29) is 5.24 Å². The smallest absolute Gasteiger partial charge is 0.288 e. The molecule has 0 N–H and O–H groups in total. The van der Waals surface area contributed by atoms with Gasteiger partial charge >= 0.3 is 0 Å². The van der Waals surface area contributed by atoms with Gasteiger partial charge in [-0.1, -0.05) is 78.4 Å². The number of carbonyl (C=O) groups is 1. The van der Waals surface area contributed by atoms with Gasteiger partial charge in [0.2, 0.25) is 0 Å². The van der Waals surface area contributed by atoms with Crippen molar-refractivity contribution in [3.8, 4) is 0 Å². The SMILES string of the molecule is Cc1ccc(CN2C(=O)S/C(=C\c3c4ccccc4nc4ccccc34)C2=S)cc1. The summed E-state index contributed by atoms with van der Waals surface area (Å²) >= 11 is 6.91. The van der Waals surface area contributed by atoms with Crippen molar-refractivity contribution >= 4 is 62.1 Å². The number of thioether (sulfide) groups is 1. The summed E-state index contributed by atoms with van der Waals surface area (Å²) in [6.45, 7) is 2.54. The quantitative estimate of drug-likeness (QED) is 0.206. The van der Waals surface area contributed by atoms with Crippen LogP contribution < -0.4 is 0 Å². The second kappa shape index (κ2) is 7.67. The van der Waals surface area contributed by atoms with Crippen molar-refractivity contribution in [1.82, 2.24) is 9.88 Å². The monoisotopic (exact) mass is 426 g/mol. The number of benzene rings is 3. The highest BCUT2D eigenvalue weighted by Crippen LogP contribution is 2.37. The molecule has 0 bridgehead atoms. The second-order valence-corrected chi connectivity index (χ2v) is 8.69. The molecule has 1 fully saturated rings. The molecule has 1 aliphatic heterocycles. The van der Waals surface area contributed by atoms with E-state index < -0.39 is 0 Å². The zero-order chi connectivity index (χ0) is 20.7. The Morgan fingerprint density at radius 1 is 0.933 bits per heavy atom. The van der Waals surface area contributed by atoms with E-state index in [0.717, 1.165) is 37.8 Å². The number of aromatic nitrogens is 1. The number of hydrogen-bond donors (Lipinski definition) is 0. The Bertz CT molecular complexity index is 1290. The number of amides is 1. The lowest BCUT2D eigenvalue weighted by Gasteiger charge is -2.15. The van der Waals surface area contributed by atoms with Crippen LogP contribution in [0.5, 0.6) is 0 Å². The third kappa shape index (κ3) is 3.40. The number of hydrogen-bond acceptors (Lipinski definition) is 4. The van der Waals surface area contributed by atoms with Crippen LogP contribution in [0.3, 0.4) is 0 Å². The van der Waals surface area contributed by atoms with Crippen molar-refractivity contribution in [3.63, 3.8) is 0 Å². The van der Waals surface area contributed by atoms with Crippen LogP contribution in [0.15, 0.2) is 77.7 Å². The molecule has 1 aromatic heterocycles. The minimum Gasteiger partial charge on any atom is -0.288 e. The fourth-order valence-corrected chi connectivity index (χ4v) is 4.89. The Balaban J connectivity index is 1.58. The summed E-state index contributed by atoms with van der Waals surface area (Å²) in [6, 6.07) is 24.3. The first-order chi connectivity index (χ1) is 14.6. The molecule has 146 valence electrons. The predicted molar refractivity (Wildman–Crippen MR) is 130 cm³/mol. The highest BCUT2D eigenvalue weighted by molar-refractivity contribution is 8.19. The maximum Gasteiger partial charge on any atom is 0.291 e. The summed E-state index contributed by atoms with van der Waals surface area (Å²) in [5, 5.41) is 2.07. The third-order valence-corrected chi connectivity index (χ3v) is 6.74. The molecule has 0 aliphatic carbocycles. The summed E-state index contributed by atoms with van der Waals surface area (Å²) < 4.78 is 0. The average Bonchev–Trinajstić information content (AvgIpc) is 3.02. The van der Waals surface area contributed by atoms with E-state index in [1.54, 1.807) is 4.90 Å². The van der Waals surface area contributed by atoms with Gasteiger partial charge in [-0.05, 0) is 48.0 Å². The van der Waals surface area contributed by atoms with Crippen molar-refractivity contribution < 1.29 is 4.79 Å². The van der Waals surface area contributed by atoms with E-state index in [1.807, 2.05) is 54.6 Å². The number of thiocarbonyl (C=S) groups is 1. The summed E-state index contributed by atoms with van der Waals surface area (Å²) in [7, 11) is 0. The van der Waals surface area contributed by atoms with Gasteiger partial charge in [-0.3, -0.25) is 9.69 Å². The van der Waals surface area contributed by atoms with E-state index in [2.05, 4.69) is 31.2 Å². The van der Waals surface area contributed by atoms with Crippen LogP contribution in [0.4, 0.5) is 4.79 Å².